The second-order valence-corrected chi connectivity index (χ2v) is 6.48. The van der Waals surface area contributed by atoms with Gasteiger partial charge in [-0.2, -0.15) is 0 Å². The van der Waals surface area contributed by atoms with E-state index in [1.807, 2.05) is 31.2 Å². The molecule has 21 heavy (non-hydrogen) atoms. The highest BCUT2D eigenvalue weighted by atomic mass is 79.9. The van der Waals surface area contributed by atoms with Crippen LogP contribution in [0.4, 0.5) is 0 Å². The van der Waals surface area contributed by atoms with Crippen molar-refractivity contribution < 1.29 is 9.15 Å². The molecule has 0 bridgehead atoms. The minimum atomic E-state index is 0.451. The molecule has 2 rings (SSSR count). The van der Waals surface area contributed by atoms with E-state index < -0.39 is 0 Å². The van der Waals surface area contributed by atoms with Gasteiger partial charge in [-0.15, -0.1) is 0 Å². The van der Waals surface area contributed by atoms with Gasteiger partial charge >= 0.3 is 0 Å². The maximum absolute atomic E-state index is 5.74. The lowest BCUT2D eigenvalue weighted by Crippen LogP contribution is -2.18. The summed E-state index contributed by atoms with van der Waals surface area (Å²) < 4.78 is 12.5. The zero-order valence-electron chi connectivity index (χ0n) is 12.8. The fraction of sp³-hybridized carbons (Fsp3) is 0.412. The van der Waals surface area contributed by atoms with Crippen LogP contribution in [0, 0.1) is 12.8 Å². The fourth-order valence-corrected chi connectivity index (χ4v) is 2.28. The van der Waals surface area contributed by atoms with Gasteiger partial charge in [-0.1, -0.05) is 29.8 Å². The highest BCUT2D eigenvalue weighted by molar-refractivity contribution is 9.10. The van der Waals surface area contributed by atoms with E-state index in [1.165, 1.54) is 5.56 Å². The van der Waals surface area contributed by atoms with Gasteiger partial charge in [0.15, 0.2) is 0 Å². The molecule has 0 radical (unpaired) electrons. The van der Waals surface area contributed by atoms with Gasteiger partial charge in [0, 0.05) is 16.6 Å². The molecule has 0 aliphatic rings. The molecule has 0 unspecified atom stereocenters. The predicted octanol–water partition coefficient (Wildman–Crippen LogP) is 4.68. The van der Waals surface area contributed by atoms with Crippen molar-refractivity contribution in [2.75, 3.05) is 6.54 Å². The first-order valence-electron chi connectivity index (χ1n) is 7.22. The van der Waals surface area contributed by atoms with Crippen molar-refractivity contribution in [3.63, 3.8) is 0 Å². The molecule has 0 aliphatic heterocycles. The summed E-state index contributed by atoms with van der Waals surface area (Å²) >= 11 is 3.41. The normalized spacial score (nSPS) is 11.1. The molecule has 3 nitrogen and oxygen atoms in total. The van der Waals surface area contributed by atoms with E-state index >= 15 is 0 Å². The number of nitrogens with one attached hydrogen (secondary N) is 1. The van der Waals surface area contributed by atoms with Crippen molar-refractivity contribution >= 4 is 15.9 Å². The highest BCUT2D eigenvalue weighted by Gasteiger charge is 2.08. The number of hydrogen-bond donors (Lipinski definition) is 1. The molecule has 1 aromatic heterocycles. The van der Waals surface area contributed by atoms with Crippen LogP contribution in [0.5, 0.6) is 5.75 Å². The predicted molar refractivity (Wildman–Crippen MR) is 88.5 cm³/mol. The Morgan fingerprint density at radius 3 is 2.62 bits per heavy atom. The topological polar surface area (TPSA) is 34.4 Å². The number of halogens is 1. The van der Waals surface area contributed by atoms with Gasteiger partial charge in [-0.05, 0) is 49.7 Å². The first kappa shape index (κ1) is 16.1. The summed E-state index contributed by atoms with van der Waals surface area (Å²) in [7, 11) is 0. The van der Waals surface area contributed by atoms with Gasteiger partial charge in [0.05, 0.1) is 0 Å². The van der Waals surface area contributed by atoms with Crippen molar-refractivity contribution in [1.82, 2.24) is 5.32 Å². The molecule has 114 valence electrons. The summed E-state index contributed by atoms with van der Waals surface area (Å²) in [4.78, 5) is 0. The molecule has 0 saturated heterocycles. The lowest BCUT2D eigenvalue weighted by atomic mass is 10.2. The number of aryl methyl sites for hydroxylation is 1. The number of rotatable bonds is 7. The third-order valence-corrected chi connectivity index (χ3v) is 3.66. The highest BCUT2D eigenvalue weighted by Crippen LogP contribution is 2.19. The quantitative estimate of drug-likeness (QED) is 0.786. The smallest absolute Gasteiger partial charge is 0.146 e. The lowest BCUT2D eigenvalue weighted by Gasteiger charge is -2.05. The Bertz CT molecular complexity index is 561. The van der Waals surface area contributed by atoms with Gasteiger partial charge in [0.1, 0.15) is 23.9 Å². The van der Waals surface area contributed by atoms with Gasteiger partial charge < -0.3 is 14.5 Å². The van der Waals surface area contributed by atoms with Crippen LogP contribution < -0.4 is 10.1 Å². The second-order valence-electron chi connectivity index (χ2n) is 5.56. The van der Waals surface area contributed by atoms with Crippen molar-refractivity contribution in [3.05, 3.63) is 51.9 Å². The first-order chi connectivity index (χ1) is 10.0. The molecule has 0 amide bonds. The molecule has 0 aliphatic carbocycles. The van der Waals surface area contributed by atoms with E-state index in [1.54, 1.807) is 0 Å². The maximum atomic E-state index is 5.74. The van der Waals surface area contributed by atoms with Gasteiger partial charge in [0.2, 0.25) is 0 Å². The Labute approximate surface area is 134 Å². The zero-order chi connectivity index (χ0) is 15.2. The minimum absolute atomic E-state index is 0.451. The largest absolute Gasteiger partial charge is 0.486 e. The summed E-state index contributed by atoms with van der Waals surface area (Å²) in [6.45, 7) is 8.70. The van der Waals surface area contributed by atoms with E-state index in [-0.39, 0.29) is 0 Å². The average molecular weight is 352 g/mol. The van der Waals surface area contributed by atoms with Crippen LogP contribution in [-0.4, -0.2) is 6.54 Å². The Morgan fingerprint density at radius 1 is 1.24 bits per heavy atom. The van der Waals surface area contributed by atoms with Crippen LogP contribution in [0.2, 0.25) is 0 Å². The first-order valence-corrected chi connectivity index (χ1v) is 8.01. The molecule has 1 heterocycles. The third kappa shape index (κ3) is 5.21. The Kier molecular flexibility index (Phi) is 5.88. The van der Waals surface area contributed by atoms with Gasteiger partial charge in [0.25, 0.3) is 0 Å². The van der Waals surface area contributed by atoms with Crippen LogP contribution in [0.15, 0.2) is 39.2 Å². The summed E-state index contributed by atoms with van der Waals surface area (Å²) in [5.74, 6) is 3.31. The van der Waals surface area contributed by atoms with E-state index in [9.17, 15) is 0 Å². The minimum Gasteiger partial charge on any atom is -0.486 e. The monoisotopic (exact) mass is 351 g/mol. The second kappa shape index (κ2) is 7.66. The number of benzene rings is 1. The molecule has 0 atom stereocenters. The van der Waals surface area contributed by atoms with E-state index in [0.717, 1.165) is 34.8 Å². The summed E-state index contributed by atoms with van der Waals surface area (Å²) in [6.07, 6.45) is 0. The van der Waals surface area contributed by atoms with Crippen LogP contribution in [0.3, 0.4) is 0 Å². The average Bonchev–Trinajstić information content (AvgIpc) is 2.78. The standard InChI is InChI=1S/C17H22BrNO2/c1-12(2)9-19-10-14-8-17(21-13(14)3)11-20-16-6-4-15(18)5-7-16/h4-8,12,19H,9-11H2,1-3H3. The fourth-order valence-electron chi connectivity index (χ4n) is 2.02. The molecule has 1 aromatic carbocycles. The van der Waals surface area contributed by atoms with Crippen LogP contribution in [0.25, 0.3) is 0 Å². The van der Waals surface area contributed by atoms with Crippen LogP contribution in [-0.2, 0) is 13.2 Å². The molecule has 0 spiro atoms. The van der Waals surface area contributed by atoms with Crippen molar-refractivity contribution in [2.24, 2.45) is 5.92 Å². The third-order valence-electron chi connectivity index (χ3n) is 3.13. The SMILES string of the molecule is Cc1oc(COc2ccc(Br)cc2)cc1CNCC(C)C. The Balaban J connectivity index is 1.87. The Morgan fingerprint density at radius 2 is 1.95 bits per heavy atom. The zero-order valence-corrected chi connectivity index (χ0v) is 14.4. The lowest BCUT2D eigenvalue weighted by molar-refractivity contribution is 0.267. The number of furan rings is 1. The van der Waals surface area contributed by atoms with E-state index in [4.69, 9.17) is 9.15 Å². The van der Waals surface area contributed by atoms with E-state index in [2.05, 4.69) is 41.2 Å². The summed E-state index contributed by atoms with van der Waals surface area (Å²) in [6, 6.07) is 9.87. The number of hydrogen-bond acceptors (Lipinski definition) is 3. The molecule has 0 saturated carbocycles. The molecular formula is C17H22BrNO2. The van der Waals surface area contributed by atoms with Crippen molar-refractivity contribution in [1.29, 1.82) is 0 Å². The molecule has 1 N–H and O–H groups in total. The Hall–Kier alpha value is -1.26. The van der Waals surface area contributed by atoms with Crippen molar-refractivity contribution in [2.45, 2.75) is 33.9 Å². The van der Waals surface area contributed by atoms with Crippen molar-refractivity contribution in [3.8, 4) is 5.75 Å². The molecule has 0 fully saturated rings. The molecule has 2 aromatic rings. The van der Waals surface area contributed by atoms with Crippen LogP contribution in [0.1, 0.15) is 30.9 Å². The maximum Gasteiger partial charge on any atom is 0.146 e. The number of ether oxygens (including phenoxy) is 1. The summed E-state index contributed by atoms with van der Waals surface area (Å²) in [5, 5.41) is 3.43. The van der Waals surface area contributed by atoms with E-state index in [0.29, 0.717) is 12.5 Å². The van der Waals surface area contributed by atoms with Gasteiger partial charge in [-0.25, -0.2) is 0 Å². The van der Waals surface area contributed by atoms with Gasteiger partial charge in [-0.3, -0.25) is 0 Å². The summed E-state index contributed by atoms with van der Waals surface area (Å²) in [5.41, 5.74) is 1.20. The molecule has 4 heteroatoms. The van der Waals surface area contributed by atoms with Crippen LogP contribution >= 0.6 is 15.9 Å². The molecular weight excluding hydrogens is 330 g/mol.